The summed E-state index contributed by atoms with van der Waals surface area (Å²) in [6.07, 6.45) is 1.76. The molecule has 0 unspecified atom stereocenters. The minimum Gasteiger partial charge on any atom is -0.459 e. The molecule has 2 bridgehead atoms. The van der Waals surface area contributed by atoms with Crippen LogP contribution in [0.4, 0.5) is 0 Å². The SMILES string of the molecule is CCCC(=O)O[C@]1(C)CC[C@H](C(C)C)[C@@H]2[C@H]1[C@H]1C[C@](C)(O)[C@@H](O)CC[C@@](C)(OC(C)=O)[C@@H]2O1. The molecule has 0 amide bonds. The molecule has 3 fully saturated rings. The molecule has 2 aliphatic heterocycles. The van der Waals surface area contributed by atoms with E-state index in [4.69, 9.17) is 14.2 Å². The Morgan fingerprint density at radius 1 is 1.09 bits per heavy atom. The average Bonchev–Trinajstić information content (AvgIpc) is 3.06. The van der Waals surface area contributed by atoms with Crippen molar-refractivity contribution < 1.29 is 34.0 Å². The lowest BCUT2D eigenvalue weighted by Gasteiger charge is -2.51. The molecule has 1 saturated carbocycles. The third-order valence-corrected chi connectivity index (χ3v) is 8.54. The Morgan fingerprint density at radius 2 is 1.73 bits per heavy atom. The van der Waals surface area contributed by atoms with Crippen molar-refractivity contribution >= 4 is 11.9 Å². The van der Waals surface area contributed by atoms with Crippen LogP contribution in [0.15, 0.2) is 0 Å². The van der Waals surface area contributed by atoms with Gasteiger partial charge in [0.15, 0.2) is 0 Å². The van der Waals surface area contributed by atoms with Gasteiger partial charge in [0.25, 0.3) is 0 Å². The second kappa shape index (κ2) is 9.46. The summed E-state index contributed by atoms with van der Waals surface area (Å²) in [7, 11) is 0. The molecule has 9 atom stereocenters. The zero-order valence-electron chi connectivity index (χ0n) is 21.4. The van der Waals surface area contributed by atoms with Gasteiger partial charge in [0, 0.05) is 31.6 Å². The van der Waals surface area contributed by atoms with Gasteiger partial charge < -0.3 is 24.4 Å². The highest BCUT2D eigenvalue weighted by atomic mass is 16.6. The van der Waals surface area contributed by atoms with Crippen LogP contribution < -0.4 is 0 Å². The molecule has 2 N–H and O–H groups in total. The van der Waals surface area contributed by atoms with Gasteiger partial charge >= 0.3 is 11.9 Å². The molecule has 0 spiro atoms. The second-order valence-corrected chi connectivity index (χ2v) is 11.7. The number of rotatable bonds is 5. The fourth-order valence-electron chi connectivity index (χ4n) is 6.90. The number of aliphatic hydroxyl groups is 2. The van der Waals surface area contributed by atoms with Crippen LogP contribution in [0.25, 0.3) is 0 Å². The number of ether oxygens (including phenoxy) is 3. The van der Waals surface area contributed by atoms with E-state index in [0.29, 0.717) is 43.9 Å². The number of hydrogen-bond acceptors (Lipinski definition) is 7. The summed E-state index contributed by atoms with van der Waals surface area (Å²) in [5.41, 5.74) is -3.08. The monoisotopic (exact) mass is 468 g/mol. The van der Waals surface area contributed by atoms with Gasteiger partial charge in [-0.05, 0) is 64.7 Å². The van der Waals surface area contributed by atoms with Crippen molar-refractivity contribution in [2.45, 2.75) is 129 Å². The van der Waals surface area contributed by atoms with Crippen molar-refractivity contribution in [1.82, 2.24) is 0 Å². The van der Waals surface area contributed by atoms with E-state index in [1.54, 1.807) is 6.92 Å². The van der Waals surface area contributed by atoms with Gasteiger partial charge in [-0.3, -0.25) is 9.59 Å². The highest BCUT2D eigenvalue weighted by molar-refractivity contribution is 5.70. The van der Waals surface area contributed by atoms with Crippen molar-refractivity contribution in [2.24, 2.45) is 23.7 Å². The molecule has 2 heterocycles. The summed E-state index contributed by atoms with van der Waals surface area (Å²) < 4.78 is 18.8. The summed E-state index contributed by atoms with van der Waals surface area (Å²) in [4.78, 5) is 24.8. The highest BCUT2D eigenvalue weighted by Gasteiger charge is 2.65. The fraction of sp³-hybridized carbons (Fsp3) is 0.923. The molecule has 0 aromatic heterocycles. The minimum atomic E-state index is -1.37. The Morgan fingerprint density at radius 3 is 2.30 bits per heavy atom. The maximum absolute atomic E-state index is 12.6. The summed E-state index contributed by atoms with van der Waals surface area (Å²) in [6, 6.07) is 0. The second-order valence-electron chi connectivity index (χ2n) is 11.7. The van der Waals surface area contributed by atoms with Crippen LogP contribution >= 0.6 is 0 Å². The minimum absolute atomic E-state index is 0.00132. The molecule has 33 heavy (non-hydrogen) atoms. The molecule has 2 saturated heterocycles. The molecular formula is C26H44O7. The summed E-state index contributed by atoms with van der Waals surface area (Å²) in [5.74, 6) is -0.114. The van der Waals surface area contributed by atoms with Crippen molar-refractivity contribution in [3.05, 3.63) is 0 Å². The van der Waals surface area contributed by atoms with E-state index in [9.17, 15) is 19.8 Å². The van der Waals surface area contributed by atoms with E-state index >= 15 is 0 Å². The van der Waals surface area contributed by atoms with Crippen LogP contribution in [-0.4, -0.2) is 57.3 Å². The van der Waals surface area contributed by atoms with Gasteiger partial charge in [0.05, 0.1) is 17.8 Å². The van der Waals surface area contributed by atoms with E-state index in [1.807, 2.05) is 20.8 Å². The van der Waals surface area contributed by atoms with Gasteiger partial charge in [-0.1, -0.05) is 20.8 Å². The molecule has 190 valence electrons. The number of fused-ring (bicyclic) bond motifs is 5. The van der Waals surface area contributed by atoms with E-state index < -0.39 is 41.1 Å². The van der Waals surface area contributed by atoms with Gasteiger partial charge in [0.2, 0.25) is 0 Å². The molecule has 0 radical (unpaired) electrons. The highest BCUT2D eigenvalue weighted by Crippen LogP contribution is 2.58. The predicted octanol–water partition coefficient (Wildman–Crippen LogP) is 3.77. The van der Waals surface area contributed by atoms with Crippen LogP contribution in [0, 0.1) is 23.7 Å². The van der Waals surface area contributed by atoms with Crippen molar-refractivity contribution in [3.63, 3.8) is 0 Å². The van der Waals surface area contributed by atoms with Gasteiger partial charge in [-0.25, -0.2) is 0 Å². The van der Waals surface area contributed by atoms with Gasteiger partial charge in [-0.15, -0.1) is 0 Å². The van der Waals surface area contributed by atoms with Crippen LogP contribution in [0.2, 0.25) is 0 Å². The summed E-state index contributed by atoms with van der Waals surface area (Å²) >= 11 is 0. The van der Waals surface area contributed by atoms with Gasteiger partial charge in [-0.2, -0.15) is 0 Å². The number of carbonyl (C=O) groups excluding carboxylic acids is 2. The van der Waals surface area contributed by atoms with E-state index in [1.165, 1.54) is 6.92 Å². The first-order valence-electron chi connectivity index (χ1n) is 12.7. The van der Waals surface area contributed by atoms with Crippen molar-refractivity contribution in [3.8, 4) is 0 Å². The predicted molar refractivity (Wildman–Crippen MR) is 123 cm³/mol. The van der Waals surface area contributed by atoms with Crippen LogP contribution in [0.5, 0.6) is 0 Å². The first-order chi connectivity index (χ1) is 15.2. The first kappa shape index (κ1) is 26.4. The van der Waals surface area contributed by atoms with E-state index in [2.05, 4.69) is 13.8 Å². The van der Waals surface area contributed by atoms with E-state index in [-0.39, 0.29) is 24.2 Å². The van der Waals surface area contributed by atoms with Gasteiger partial charge in [0.1, 0.15) is 17.3 Å². The van der Waals surface area contributed by atoms with Crippen LogP contribution in [-0.2, 0) is 23.8 Å². The maximum Gasteiger partial charge on any atom is 0.306 e. The Balaban J connectivity index is 2.12. The third kappa shape index (κ3) is 5.10. The first-order valence-corrected chi connectivity index (χ1v) is 12.7. The molecular weight excluding hydrogens is 424 g/mol. The lowest BCUT2D eigenvalue weighted by atomic mass is 9.57. The van der Waals surface area contributed by atoms with Crippen molar-refractivity contribution in [1.29, 1.82) is 0 Å². The number of carbonyl (C=O) groups is 2. The number of esters is 2. The molecule has 0 aromatic carbocycles. The third-order valence-electron chi connectivity index (χ3n) is 8.54. The lowest BCUT2D eigenvalue weighted by Crippen LogP contribution is -2.57. The topological polar surface area (TPSA) is 102 Å². The number of hydrogen-bond donors (Lipinski definition) is 2. The Bertz CT molecular complexity index is 734. The van der Waals surface area contributed by atoms with Crippen LogP contribution in [0.3, 0.4) is 0 Å². The van der Waals surface area contributed by atoms with E-state index in [0.717, 1.165) is 6.42 Å². The van der Waals surface area contributed by atoms with Crippen molar-refractivity contribution in [2.75, 3.05) is 0 Å². The number of aliphatic hydroxyl groups excluding tert-OH is 1. The zero-order chi connectivity index (χ0) is 24.8. The largest absolute Gasteiger partial charge is 0.459 e. The molecule has 7 nitrogen and oxygen atoms in total. The normalized spacial score (nSPS) is 45.5. The quantitative estimate of drug-likeness (QED) is 0.592. The Labute approximate surface area is 198 Å². The van der Waals surface area contributed by atoms with Crippen LogP contribution in [0.1, 0.15) is 93.4 Å². The molecule has 3 aliphatic rings. The fourth-order valence-corrected chi connectivity index (χ4v) is 6.90. The Kier molecular flexibility index (Phi) is 7.58. The lowest BCUT2D eigenvalue weighted by molar-refractivity contribution is -0.183. The molecule has 7 heteroatoms. The molecule has 3 rings (SSSR count). The molecule has 1 aliphatic carbocycles. The summed E-state index contributed by atoms with van der Waals surface area (Å²) in [5, 5.41) is 22.0. The Hall–Kier alpha value is -1.18. The zero-order valence-corrected chi connectivity index (χ0v) is 21.4. The molecule has 0 aromatic rings. The average molecular weight is 469 g/mol. The standard InChI is InChI=1S/C26H44O7/c1-8-9-20(29)33-25(6)12-10-17(15(2)3)21-22(25)18-14-24(5,30)19(28)11-13-26(7,23(21)31-18)32-16(4)27/h15,17-19,21-23,28,30H,8-14H2,1-7H3/t17-,18-,19+,21-,22-,23-,24+,25-,26-/m1/s1. The maximum atomic E-state index is 12.6. The summed E-state index contributed by atoms with van der Waals surface area (Å²) in [6.45, 7) is 13.3. The smallest absolute Gasteiger partial charge is 0.306 e.